The number of halogens is 1. The molecule has 0 spiro atoms. The topological polar surface area (TPSA) is 23.5 Å². The quantitative estimate of drug-likeness (QED) is 0.846. The molecule has 0 aliphatic heterocycles. The van der Waals surface area contributed by atoms with Crippen molar-refractivity contribution in [3.63, 3.8) is 0 Å². The third-order valence-corrected chi connectivity index (χ3v) is 3.77. The fourth-order valence-electron chi connectivity index (χ4n) is 2.27. The van der Waals surface area contributed by atoms with Gasteiger partial charge in [0.1, 0.15) is 0 Å². The van der Waals surface area contributed by atoms with E-state index in [-0.39, 0.29) is 6.61 Å². The molecule has 0 bridgehead atoms. The monoisotopic (exact) mass is 267 g/mol. The van der Waals surface area contributed by atoms with E-state index in [1.54, 1.807) is 0 Å². The molecule has 3 heteroatoms. The lowest BCUT2D eigenvalue weighted by Crippen LogP contribution is -2.29. The Balaban J connectivity index is 2.24. The van der Waals surface area contributed by atoms with Crippen LogP contribution < -0.4 is 4.90 Å². The summed E-state index contributed by atoms with van der Waals surface area (Å²) in [4.78, 5) is 2.40. The van der Waals surface area contributed by atoms with E-state index in [1.807, 2.05) is 18.2 Å². The van der Waals surface area contributed by atoms with Crippen molar-refractivity contribution in [2.45, 2.75) is 45.8 Å². The second-order valence-electron chi connectivity index (χ2n) is 5.51. The van der Waals surface area contributed by atoms with E-state index >= 15 is 0 Å². The molecule has 1 aliphatic rings. The number of hydrogen-bond acceptors (Lipinski definition) is 2. The summed E-state index contributed by atoms with van der Waals surface area (Å²) in [6, 6.07) is 6.41. The number of hydrogen-bond donors (Lipinski definition) is 1. The van der Waals surface area contributed by atoms with Crippen molar-refractivity contribution in [2.75, 3.05) is 11.4 Å². The van der Waals surface area contributed by atoms with E-state index in [1.165, 1.54) is 12.8 Å². The number of benzene rings is 1. The molecule has 0 heterocycles. The molecule has 1 aromatic rings. The summed E-state index contributed by atoms with van der Waals surface area (Å²) in [6.07, 6.45) is 3.65. The smallest absolute Gasteiger partial charge is 0.0702 e. The highest BCUT2D eigenvalue weighted by Crippen LogP contribution is 2.38. The highest BCUT2D eigenvalue weighted by Gasteiger charge is 2.31. The highest BCUT2D eigenvalue weighted by molar-refractivity contribution is 6.33. The minimum Gasteiger partial charge on any atom is -0.392 e. The molecule has 2 rings (SSSR count). The van der Waals surface area contributed by atoms with E-state index in [0.717, 1.165) is 29.2 Å². The maximum Gasteiger partial charge on any atom is 0.0702 e. The van der Waals surface area contributed by atoms with Gasteiger partial charge in [-0.05, 0) is 31.2 Å². The average Bonchev–Trinajstić information content (AvgIpc) is 3.15. The second-order valence-corrected chi connectivity index (χ2v) is 5.92. The molecule has 0 radical (unpaired) electrons. The first-order chi connectivity index (χ1) is 8.63. The first kappa shape index (κ1) is 13.7. The first-order valence-corrected chi connectivity index (χ1v) is 7.16. The highest BCUT2D eigenvalue weighted by atomic mass is 35.5. The van der Waals surface area contributed by atoms with Gasteiger partial charge in [-0.2, -0.15) is 0 Å². The summed E-state index contributed by atoms with van der Waals surface area (Å²) in [5.41, 5.74) is 1.99. The lowest BCUT2D eigenvalue weighted by Gasteiger charge is -2.28. The molecule has 18 heavy (non-hydrogen) atoms. The molecule has 0 aromatic heterocycles. The Morgan fingerprint density at radius 2 is 2.11 bits per heavy atom. The van der Waals surface area contributed by atoms with E-state index in [9.17, 15) is 5.11 Å². The van der Waals surface area contributed by atoms with E-state index < -0.39 is 0 Å². The van der Waals surface area contributed by atoms with Gasteiger partial charge < -0.3 is 10.0 Å². The Kier molecular flexibility index (Phi) is 4.52. The van der Waals surface area contributed by atoms with Crippen LogP contribution in [0.1, 0.15) is 38.7 Å². The first-order valence-electron chi connectivity index (χ1n) is 6.78. The van der Waals surface area contributed by atoms with Gasteiger partial charge in [0.2, 0.25) is 0 Å². The Morgan fingerprint density at radius 3 is 2.67 bits per heavy atom. The summed E-state index contributed by atoms with van der Waals surface area (Å²) >= 11 is 6.34. The molecular formula is C15H22ClNO. The van der Waals surface area contributed by atoms with Crippen LogP contribution in [-0.4, -0.2) is 17.7 Å². The van der Waals surface area contributed by atoms with Gasteiger partial charge in [0.15, 0.2) is 0 Å². The summed E-state index contributed by atoms with van der Waals surface area (Å²) < 4.78 is 0. The van der Waals surface area contributed by atoms with Crippen molar-refractivity contribution in [2.24, 2.45) is 5.92 Å². The summed E-state index contributed by atoms with van der Waals surface area (Å²) in [6.45, 7) is 5.56. The molecule has 1 aliphatic carbocycles. The van der Waals surface area contributed by atoms with Gasteiger partial charge in [-0.15, -0.1) is 0 Å². The van der Waals surface area contributed by atoms with Crippen LogP contribution in [-0.2, 0) is 6.61 Å². The zero-order chi connectivity index (χ0) is 13.1. The summed E-state index contributed by atoms with van der Waals surface area (Å²) in [7, 11) is 0. The lowest BCUT2D eigenvalue weighted by molar-refractivity contribution is 0.282. The fourth-order valence-corrected chi connectivity index (χ4v) is 2.57. The molecule has 0 saturated heterocycles. The van der Waals surface area contributed by atoms with Gasteiger partial charge in [0.25, 0.3) is 0 Å². The molecule has 0 amide bonds. The molecular weight excluding hydrogens is 246 g/mol. The van der Waals surface area contributed by atoms with Gasteiger partial charge in [-0.1, -0.05) is 37.6 Å². The molecule has 1 aromatic carbocycles. The molecule has 1 fully saturated rings. The van der Waals surface area contributed by atoms with Crippen molar-refractivity contribution in [1.82, 2.24) is 0 Å². The van der Waals surface area contributed by atoms with Crippen LogP contribution in [0.4, 0.5) is 5.69 Å². The standard InChI is InChI=1S/C15H22ClNO/c1-11(2)8-9-17(13-6-7-13)15-12(10-18)4-3-5-14(15)16/h3-5,11,13,18H,6-10H2,1-2H3. The molecule has 0 atom stereocenters. The Hall–Kier alpha value is -0.730. The van der Waals surface area contributed by atoms with Gasteiger partial charge >= 0.3 is 0 Å². The van der Waals surface area contributed by atoms with Gasteiger partial charge in [-0.3, -0.25) is 0 Å². The van der Waals surface area contributed by atoms with Gasteiger partial charge in [0.05, 0.1) is 17.3 Å². The van der Waals surface area contributed by atoms with Crippen LogP contribution in [0, 0.1) is 5.92 Å². The Bertz CT molecular complexity index is 401. The van der Waals surface area contributed by atoms with Gasteiger partial charge in [-0.25, -0.2) is 0 Å². The maximum atomic E-state index is 9.49. The lowest BCUT2D eigenvalue weighted by atomic mass is 10.1. The predicted octanol–water partition coefficient (Wildman–Crippen LogP) is 3.85. The largest absolute Gasteiger partial charge is 0.392 e. The zero-order valence-corrected chi connectivity index (χ0v) is 12.0. The molecule has 1 saturated carbocycles. The van der Waals surface area contributed by atoms with Gasteiger partial charge in [0, 0.05) is 18.2 Å². The van der Waals surface area contributed by atoms with E-state index in [0.29, 0.717) is 12.0 Å². The van der Waals surface area contributed by atoms with Crippen LogP contribution in [0.15, 0.2) is 18.2 Å². The maximum absolute atomic E-state index is 9.49. The second kappa shape index (κ2) is 5.94. The van der Waals surface area contributed by atoms with Crippen molar-refractivity contribution in [3.05, 3.63) is 28.8 Å². The Morgan fingerprint density at radius 1 is 1.39 bits per heavy atom. The van der Waals surface area contributed by atoms with Crippen LogP contribution >= 0.6 is 11.6 Å². The SMILES string of the molecule is CC(C)CCN(c1c(Cl)cccc1CO)C1CC1. The number of aliphatic hydroxyl groups excluding tert-OH is 1. The minimum absolute atomic E-state index is 0.0563. The molecule has 1 N–H and O–H groups in total. The van der Waals surface area contributed by atoms with Crippen LogP contribution in [0.5, 0.6) is 0 Å². The van der Waals surface area contributed by atoms with Crippen LogP contribution in [0.25, 0.3) is 0 Å². The van der Waals surface area contributed by atoms with E-state index in [4.69, 9.17) is 11.6 Å². The number of anilines is 1. The third-order valence-electron chi connectivity index (χ3n) is 3.46. The summed E-state index contributed by atoms with van der Waals surface area (Å²) in [5.74, 6) is 0.686. The van der Waals surface area contributed by atoms with Crippen LogP contribution in [0.2, 0.25) is 5.02 Å². The number of para-hydroxylation sites is 1. The third kappa shape index (κ3) is 3.18. The number of rotatable bonds is 6. The van der Waals surface area contributed by atoms with Crippen molar-refractivity contribution < 1.29 is 5.11 Å². The van der Waals surface area contributed by atoms with Crippen molar-refractivity contribution in [3.8, 4) is 0 Å². The fraction of sp³-hybridized carbons (Fsp3) is 0.600. The predicted molar refractivity (Wildman–Crippen MR) is 77.2 cm³/mol. The van der Waals surface area contributed by atoms with Crippen molar-refractivity contribution >= 4 is 17.3 Å². The Labute approximate surface area is 115 Å². The van der Waals surface area contributed by atoms with E-state index in [2.05, 4.69) is 18.7 Å². The van der Waals surface area contributed by atoms with Crippen molar-refractivity contribution in [1.29, 1.82) is 0 Å². The molecule has 2 nitrogen and oxygen atoms in total. The van der Waals surface area contributed by atoms with Crippen LogP contribution in [0.3, 0.4) is 0 Å². The molecule has 0 unspecified atom stereocenters. The average molecular weight is 268 g/mol. The normalized spacial score (nSPS) is 15.2. The summed E-state index contributed by atoms with van der Waals surface area (Å²) in [5, 5.41) is 10.2. The number of aliphatic hydroxyl groups is 1. The molecule has 100 valence electrons. The zero-order valence-electron chi connectivity index (χ0n) is 11.2. The number of nitrogens with zero attached hydrogens (tertiary/aromatic N) is 1. The minimum atomic E-state index is 0.0563.